The van der Waals surface area contributed by atoms with Gasteiger partial charge in [-0.2, -0.15) is 0 Å². The van der Waals surface area contributed by atoms with Crippen molar-refractivity contribution in [3.8, 4) is 39.1 Å². The van der Waals surface area contributed by atoms with Gasteiger partial charge >= 0.3 is 0 Å². The van der Waals surface area contributed by atoms with Gasteiger partial charge in [-0.15, -0.1) is 11.3 Å². The van der Waals surface area contributed by atoms with Crippen LogP contribution >= 0.6 is 11.3 Å². The van der Waals surface area contributed by atoms with Gasteiger partial charge in [0.2, 0.25) is 0 Å². The first-order valence-electron chi connectivity index (χ1n) is 19.2. The van der Waals surface area contributed by atoms with Gasteiger partial charge in [0.05, 0.1) is 11.0 Å². The molecular weight excluding hydrogens is 683 g/mol. The number of benzene rings is 9. The summed E-state index contributed by atoms with van der Waals surface area (Å²) in [7, 11) is 0. The topological polar surface area (TPSA) is 4.93 Å². The zero-order valence-electron chi connectivity index (χ0n) is 30.6. The smallest absolute Gasteiger partial charge is 0.0547 e. The number of hydrogen-bond acceptors (Lipinski definition) is 1. The van der Waals surface area contributed by atoms with Crippen LogP contribution in [0.5, 0.6) is 0 Å². The molecule has 2 heterocycles. The second-order valence-electron chi connectivity index (χ2n) is 15.7. The van der Waals surface area contributed by atoms with Gasteiger partial charge in [-0.05, 0) is 115 Å². The Morgan fingerprint density at radius 2 is 0.982 bits per heavy atom. The quantitative estimate of drug-likeness (QED) is 0.171. The SMILES string of the molecule is CC1(C)c2cc(-c3cccc4ccccc34)ccc2-c2cc3c(cc21)c1cc(-c2cccc4ccccc24)ccc1n3-c1ccc2c(c1)sc1ccccc12. The Bertz CT molecular complexity index is 3400. The van der Waals surface area contributed by atoms with Crippen LogP contribution in [0.25, 0.3) is 103 Å². The molecule has 0 N–H and O–H groups in total. The Labute approximate surface area is 323 Å². The van der Waals surface area contributed by atoms with Crippen molar-refractivity contribution in [1.29, 1.82) is 0 Å². The van der Waals surface area contributed by atoms with Crippen molar-refractivity contribution in [3.05, 3.63) is 187 Å². The number of thiophene rings is 1. The first kappa shape index (κ1) is 30.9. The molecule has 1 aliphatic carbocycles. The summed E-state index contributed by atoms with van der Waals surface area (Å²) >= 11 is 1.88. The summed E-state index contributed by atoms with van der Waals surface area (Å²) in [5.74, 6) is 0. The lowest BCUT2D eigenvalue weighted by Crippen LogP contribution is -2.15. The van der Waals surface area contributed by atoms with Crippen LogP contribution in [0.3, 0.4) is 0 Å². The van der Waals surface area contributed by atoms with E-state index in [2.05, 4.69) is 194 Å². The molecule has 258 valence electrons. The summed E-state index contributed by atoms with van der Waals surface area (Å²) in [4.78, 5) is 0. The zero-order chi connectivity index (χ0) is 36.4. The lowest BCUT2D eigenvalue weighted by Gasteiger charge is -2.22. The number of nitrogens with zero attached hydrogens (tertiary/aromatic N) is 1. The Balaban J connectivity index is 1.11. The first-order chi connectivity index (χ1) is 27.0. The van der Waals surface area contributed by atoms with E-state index in [0.29, 0.717) is 0 Å². The van der Waals surface area contributed by atoms with E-state index in [1.165, 1.54) is 114 Å². The molecule has 0 unspecified atom stereocenters. The van der Waals surface area contributed by atoms with E-state index in [9.17, 15) is 0 Å². The summed E-state index contributed by atoms with van der Waals surface area (Å²) in [6, 6.07) is 65.9. The predicted molar refractivity (Wildman–Crippen MR) is 237 cm³/mol. The largest absolute Gasteiger partial charge is 0.309 e. The number of hydrogen-bond donors (Lipinski definition) is 0. The van der Waals surface area contributed by atoms with Crippen LogP contribution < -0.4 is 0 Å². The van der Waals surface area contributed by atoms with Crippen LogP contribution in [0.4, 0.5) is 0 Å². The highest BCUT2D eigenvalue weighted by molar-refractivity contribution is 7.25. The van der Waals surface area contributed by atoms with E-state index >= 15 is 0 Å². The molecule has 0 saturated heterocycles. The molecule has 12 rings (SSSR count). The van der Waals surface area contributed by atoms with E-state index in [4.69, 9.17) is 0 Å². The number of aromatic nitrogens is 1. The minimum Gasteiger partial charge on any atom is -0.309 e. The summed E-state index contributed by atoms with van der Waals surface area (Å²) in [5, 5.41) is 10.3. The van der Waals surface area contributed by atoms with Crippen LogP contribution in [0, 0.1) is 0 Å². The average molecular weight is 718 g/mol. The van der Waals surface area contributed by atoms with Crippen molar-refractivity contribution in [2.24, 2.45) is 0 Å². The van der Waals surface area contributed by atoms with E-state index < -0.39 is 0 Å². The van der Waals surface area contributed by atoms with Crippen LogP contribution in [-0.4, -0.2) is 4.57 Å². The van der Waals surface area contributed by atoms with Gasteiger partial charge in [-0.1, -0.05) is 141 Å². The summed E-state index contributed by atoms with van der Waals surface area (Å²) in [6.07, 6.45) is 0. The maximum absolute atomic E-state index is 2.52. The van der Waals surface area contributed by atoms with Crippen LogP contribution in [0.15, 0.2) is 176 Å². The number of rotatable bonds is 3. The Kier molecular flexibility index (Phi) is 6.34. The molecule has 9 aromatic carbocycles. The molecule has 2 heteroatoms. The molecule has 1 nitrogen and oxygen atoms in total. The minimum absolute atomic E-state index is 0.170. The average Bonchev–Trinajstić information content (AvgIpc) is 3.83. The van der Waals surface area contributed by atoms with Crippen molar-refractivity contribution < 1.29 is 0 Å². The van der Waals surface area contributed by atoms with Crippen molar-refractivity contribution in [2.75, 3.05) is 0 Å². The second kappa shape index (κ2) is 11.3. The first-order valence-corrected chi connectivity index (χ1v) is 20.0. The molecule has 0 radical (unpaired) electrons. The van der Waals surface area contributed by atoms with Crippen LogP contribution in [0.2, 0.25) is 0 Å². The van der Waals surface area contributed by atoms with E-state index in [1.807, 2.05) is 11.3 Å². The fraction of sp³-hybridized carbons (Fsp3) is 0.0566. The van der Waals surface area contributed by atoms with Crippen LogP contribution in [0.1, 0.15) is 25.0 Å². The number of fused-ring (bicyclic) bond motifs is 11. The Hall–Kier alpha value is -6.48. The van der Waals surface area contributed by atoms with Crippen molar-refractivity contribution in [1.82, 2.24) is 4.57 Å². The molecule has 2 aromatic heterocycles. The second-order valence-corrected chi connectivity index (χ2v) is 16.8. The molecule has 0 bridgehead atoms. The van der Waals surface area contributed by atoms with E-state index in [-0.39, 0.29) is 5.41 Å². The molecule has 0 amide bonds. The van der Waals surface area contributed by atoms with Crippen molar-refractivity contribution in [3.63, 3.8) is 0 Å². The Morgan fingerprint density at radius 1 is 0.382 bits per heavy atom. The zero-order valence-corrected chi connectivity index (χ0v) is 31.4. The molecule has 0 fully saturated rings. The van der Waals surface area contributed by atoms with Gasteiger partial charge in [-0.25, -0.2) is 0 Å². The fourth-order valence-corrected chi connectivity index (χ4v) is 10.8. The lowest BCUT2D eigenvalue weighted by molar-refractivity contribution is 0.661. The maximum atomic E-state index is 2.52. The lowest BCUT2D eigenvalue weighted by atomic mass is 9.81. The summed E-state index contributed by atoms with van der Waals surface area (Å²) < 4.78 is 5.16. The predicted octanol–water partition coefficient (Wildman–Crippen LogP) is 15.1. The monoisotopic (exact) mass is 717 g/mol. The highest BCUT2D eigenvalue weighted by Crippen LogP contribution is 2.52. The van der Waals surface area contributed by atoms with Gasteiger partial charge < -0.3 is 4.57 Å². The van der Waals surface area contributed by atoms with Crippen molar-refractivity contribution >= 4 is 74.9 Å². The van der Waals surface area contributed by atoms with Gasteiger partial charge in [0, 0.05) is 42.0 Å². The van der Waals surface area contributed by atoms with Gasteiger partial charge in [0.1, 0.15) is 0 Å². The molecule has 0 spiro atoms. The highest BCUT2D eigenvalue weighted by atomic mass is 32.1. The third-order valence-electron chi connectivity index (χ3n) is 12.4. The van der Waals surface area contributed by atoms with E-state index in [1.54, 1.807) is 0 Å². The minimum atomic E-state index is -0.170. The van der Waals surface area contributed by atoms with Crippen molar-refractivity contribution in [2.45, 2.75) is 19.3 Å². The molecule has 55 heavy (non-hydrogen) atoms. The molecular formula is C53H35NS. The molecule has 1 aliphatic rings. The molecule has 0 atom stereocenters. The molecule has 11 aromatic rings. The van der Waals surface area contributed by atoms with Gasteiger partial charge in [0.15, 0.2) is 0 Å². The highest BCUT2D eigenvalue weighted by Gasteiger charge is 2.37. The summed E-state index contributed by atoms with van der Waals surface area (Å²) in [6.45, 7) is 4.82. The standard InChI is InChI=1S/C53H35NS/c1-53(2)47-28-35(40-19-10-14-33-12-4-6-16-38(33)40)21-24-41(47)44-31-50-46(30-48(44)53)45-27-34(39-18-9-13-32-11-3-5-15-37(32)39)22-26-49(45)54(50)36-23-25-43-42-17-7-8-20-51(42)55-52(43)29-36/h3-31H,1-2H3. The van der Waals surface area contributed by atoms with Gasteiger partial charge in [-0.3, -0.25) is 0 Å². The third-order valence-corrected chi connectivity index (χ3v) is 13.5. The Morgan fingerprint density at radius 3 is 1.75 bits per heavy atom. The summed E-state index contributed by atoms with van der Waals surface area (Å²) in [5.41, 5.74) is 14.0. The van der Waals surface area contributed by atoms with E-state index in [0.717, 1.165) is 0 Å². The maximum Gasteiger partial charge on any atom is 0.0547 e. The van der Waals surface area contributed by atoms with Gasteiger partial charge in [0.25, 0.3) is 0 Å². The fourth-order valence-electron chi connectivity index (χ4n) is 9.67. The molecule has 0 saturated carbocycles. The normalized spacial score (nSPS) is 13.4. The van der Waals surface area contributed by atoms with Crippen LogP contribution in [-0.2, 0) is 5.41 Å². The third kappa shape index (κ3) is 4.40. The molecule has 0 aliphatic heterocycles.